The number of H-pyrrole nitrogens is 1. The van der Waals surface area contributed by atoms with E-state index in [1.165, 1.54) is 6.92 Å². The highest BCUT2D eigenvalue weighted by Gasteiger charge is 2.40. The van der Waals surface area contributed by atoms with Crippen LogP contribution in [-0.2, 0) is 6.42 Å². The number of aryl methyl sites for hydroxylation is 1. The van der Waals surface area contributed by atoms with Gasteiger partial charge in [-0.2, -0.15) is 0 Å². The first-order chi connectivity index (χ1) is 9.87. The second-order valence-corrected chi connectivity index (χ2v) is 5.69. The largest absolute Gasteiger partial charge is 0.384 e. The summed E-state index contributed by atoms with van der Waals surface area (Å²) in [5.41, 5.74) is -0.156. The van der Waals surface area contributed by atoms with Gasteiger partial charge in [-0.15, -0.1) is 0 Å². The molecule has 0 aliphatic carbocycles. The van der Waals surface area contributed by atoms with Crippen molar-refractivity contribution in [3.05, 3.63) is 29.7 Å². The zero-order chi connectivity index (χ0) is 15.6. The van der Waals surface area contributed by atoms with Gasteiger partial charge in [0, 0.05) is 23.7 Å². The second-order valence-electron chi connectivity index (χ2n) is 5.69. The molecule has 2 aromatic heterocycles. The number of alkyl halides is 3. The summed E-state index contributed by atoms with van der Waals surface area (Å²) in [6.07, 6.45) is -0.228. The number of nitrogens with zero attached hydrogens (tertiary/aromatic N) is 1. The molecule has 2 rings (SSSR count). The summed E-state index contributed by atoms with van der Waals surface area (Å²) in [5, 5.41) is 11.1. The Hall–Kier alpha value is -1.56. The molecule has 2 unspecified atom stereocenters. The number of hydrogen-bond acceptors (Lipinski definition) is 2. The summed E-state index contributed by atoms with van der Waals surface area (Å²) < 4.78 is 39.1. The van der Waals surface area contributed by atoms with Crippen LogP contribution in [0.25, 0.3) is 10.9 Å². The number of aliphatic hydroxyl groups is 1. The van der Waals surface area contributed by atoms with E-state index in [0.717, 1.165) is 16.5 Å². The van der Waals surface area contributed by atoms with Gasteiger partial charge in [0.1, 0.15) is 5.60 Å². The van der Waals surface area contributed by atoms with Crippen molar-refractivity contribution in [1.82, 2.24) is 9.97 Å². The first-order valence-corrected chi connectivity index (χ1v) is 6.85. The second kappa shape index (κ2) is 6.05. The molecule has 2 heterocycles. The lowest BCUT2D eigenvalue weighted by Crippen LogP contribution is -2.41. The van der Waals surface area contributed by atoms with Gasteiger partial charge in [0.25, 0.3) is 6.43 Å². The SMILES string of the molecule is Cc1c(CC(O)(CC(C)CF)C(F)F)[nH]c2cnccc12. The van der Waals surface area contributed by atoms with Gasteiger partial charge in [0.05, 0.1) is 18.4 Å². The molecule has 0 aliphatic heterocycles. The third kappa shape index (κ3) is 3.20. The average molecular weight is 300 g/mol. The van der Waals surface area contributed by atoms with Crippen LogP contribution in [0, 0.1) is 12.8 Å². The zero-order valence-electron chi connectivity index (χ0n) is 12.0. The van der Waals surface area contributed by atoms with Crippen LogP contribution in [0.3, 0.4) is 0 Å². The Morgan fingerprint density at radius 3 is 2.71 bits per heavy atom. The Morgan fingerprint density at radius 1 is 1.43 bits per heavy atom. The van der Waals surface area contributed by atoms with E-state index in [9.17, 15) is 18.3 Å². The summed E-state index contributed by atoms with van der Waals surface area (Å²) in [6.45, 7) is 2.58. The molecule has 2 aromatic rings. The molecule has 0 aromatic carbocycles. The van der Waals surface area contributed by atoms with Crippen molar-refractivity contribution in [2.45, 2.75) is 38.7 Å². The van der Waals surface area contributed by atoms with Crippen molar-refractivity contribution in [3.8, 4) is 0 Å². The predicted molar refractivity (Wildman–Crippen MR) is 75.2 cm³/mol. The van der Waals surface area contributed by atoms with Crippen LogP contribution in [0.2, 0.25) is 0 Å². The number of fused-ring (bicyclic) bond motifs is 1. The summed E-state index contributed by atoms with van der Waals surface area (Å²) in [6, 6.07) is 1.79. The average Bonchev–Trinajstić information content (AvgIpc) is 2.75. The summed E-state index contributed by atoms with van der Waals surface area (Å²) in [5.74, 6) is -0.615. The molecule has 116 valence electrons. The molecule has 6 heteroatoms. The molecule has 0 fully saturated rings. The maximum Gasteiger partial charge on any atom is 0.267 e. The lowest BCUT2D eigenvalue weighted by molar-refractivity contribution is -0.109. The molecular formula is C15H19F3N2O. The Kier molecular flexibility index (Phi) is 4.56. The van der Waals surface area contributed by atoms with Gasteiger partial charge in [-0.25, -0.2) is 8.78 Å². The fraction of sp³-hybridized carbons (Fsp3) is 0.533. The smallest absolute Gasteiger partial charge is 0.267 e. The summed E-state index contributed by atoms with van der Waals surface area (Å²) in [4.78, 5) is 6.99. The Bertz CT molecular complexity index is 614. The fourth-order valence-corrected chi connectivity index (χ4v) is 2.62. The number of aromatic amines is 1. The van der Waals surface area contributed by atoms with Gasteiger partial charge in [0.15, 0.2) is 0 Å². The molecule has 0 saturated carbocycles. The van der Waals surface area contributed by atoms with Crippen molar-refractivity contribution >= 4 is 10.9 Å². The molecule has 0 radical (unpaired) electrons. The normalized spacial score (nSPS) is 16.3. The van der Waals surface area contributed by atoms with Crippen molar-refractivity contribution < 1.29 is 18.3 Å². The standard InChI is InChI=1S/C15H19F3N2O/c1-9(7-16)5-15(21,14(17)18)6-12-10(2)11-3-4-19-8-13(11)20-12/h3-4,8-9,14,20-21H,5-7H2,1-2H3. The molecule has 21 heavy (non-hydrogen) atoms. The van der Waals surface area contributed by atoms with Crippen LogP contribution in [0.15, 0.2) is 18.5 Å². The molecule has 2 atom stereocenters. The molecule has 0 amide bonds. The molecule has 0 saturated heterocycles. The van der Waals surface area contributed by atoms with Crippen LogP contribution in [0.1, 0.15) is 24.6 Å². The minimum absolute atomic E-state index is 0.241. The summed E-state index contributed by atoms with van der Waals surface area (Å²) in [7, 11) is 0. The highest BCUT2D eigenvalue weighted by molar-refractivity contribution is 5.83. The highest BCUT2D eigenvalue weighted by Crippen LogP contribution is 2.31. The van der Waals surface area contributed by atoms with E-state index in [4.69, 9.17) is 0 Å². The van der Waals surface area contributed by atoms with Gasteiger partial charge < -0.3 is 10.1 Å². The zero-order valence-corrected chi connectivity index (χ0v) is 12.0. The number of rotatable bonds is 6. The first kappa shape index (κ1) is 15.8. The van der Waals surface area contributed by atoms with E-state index in [2.05, 4.69) is 9.97 Å². The van der Waals surface area contributed by atoms with E-state index in [0.29, 0.717) is 5.69 Å². The van der Waals surface area contributed by atoms with Crippen LogP contribution in [0.5, 0.6) is 0 Å². The fourth-order valence-electron chi connectivity index (χ4n) is 2.62. The third-order valence-electron chi connectivity index (χ3n) is 3.82. The van der Waals surface area contributed by atoms with E-state index in [-0.39, 0.29) is 12.8 Å². The molecule has 0 bridgehead atoms. The van der Waals surface area contributed by atoms with Crippen LogP contribution >= 0.6 is 0 Å². The van der Waals surface area contributed by atoms with Crippen LogP contribution in [0.4, 0.5) is 13.2 Å². The first-order valence-electron chi connectivity index (χ1n) is 6.85. The van der Waals surface area contributed by atoms with Crippen molar-refractivity contribution in [3.63, 3.8) is 0 Å². The van der Waals surface area contributed by atoms with Crippen molar-refractivity contribution in [2.75, 3.05) is 6.67 Å². The number of pyridine rings is 1. The van der Waals surface area contributed by atoms with Gasteiger partial charge in [-0.1, -0.05) is 6.92 Å². The Balaban J connectivity index is 2.32. The summed E-state index contributed by atoms with van der Waals surface area (Å²) >= 11 is 0. The van der Waals surface area contributed by atoms with Crippen molar-refractivity contribution in [2.24, 2.45) is 5.92 Å². The minimum atomic E-state index is -2.93. The highest BCUT2D eigenvalue weighted by atomic mass is 19.3. The van der Waals surface area contributed by atoms with E-state index < -0.39 is 24.6 Å². The van der Waals surface area contributed by atoms with E-state index in [1.807, 2.05) is 0 Å². The maximum absolute atomic E-state index is 13.3. The molecule has 3 nitrogen and oxygen atoms in total. The van der Waals surface area contributed by atoms with E-state index in [1.54, 1.807) is 25.4 Å². The Labute approximate surface area is 121 Å². The monoisotopic (exact) mass is 300 g/mol. The lowest BCUT2D eigenvalue weighted by Gasteiger charge is -2.29. The lowest BCUT2D eigenvalue weighted by atomic mass is 9.87. The molecule has 0 aliphatic rings. The van der Waals surface area contributed by atoms with E-state index >= 15 is 0 Å². The molecular weight excluding hydrogens is 281 g/mol. The maximum atomic E-state index is 13.3. The predicted octanol–water partition coefficient (Wildman–Crippen LogP) is 3.41. The Morgan fingerprint density at radius 2 is 2.14 bits per heavy atom. The third-order valence-corrected chi connectivity index (χ3v) is 3.82. The van der Waals surface area contributed by atoms with Crippen LogP contribution < -0.4 is 0 Å². The van der Waals surface area contributed by atoms with Gasteiger partial charge >= 0.3 is 0 Å². The number of halogens is 3. The van der Waals surface area contributed by atoms with Crippen LogP contribution in [-0.4, -0.2) is 33.8 Å². The van der Waals surface area contributed by atoms with Gasteiger partial charge in [0.2, 0.25) is 0 Å². The van der Waals surface area contributed by atoms with Gasteiger partial charge in [-0.3, -0.25) is 9.37 Å². The molecule has 0 spiro atoms. The van der Waals surface area contributed by atoms with Gasteiger partial charge in [-0.05, 0) is 30.9 Å². The number of hydrogen-bond donors (Lipinski definition) is 2. The molecule has 2 N–H and O–H groups in total. The quantitative estimate of drug-likeness (QED) is 0.859. The minimum Gasteiger partial charge on any atom is -0.384 e. The topological polar surface area (TPSA) is 48.9 Å². The van der Waals surface area contributed by atoms with Crippen molar-refractivity contribution in [1.29, 1.82) is 0 Å². The number of nitrogens with one attached hydrogen (secondary N) is 1. The number of aromatic nitrogens is 2.